The number of aromatic amines is 1. The third kappa shape index (κ3) is 7.13. The van der Waals surface area contributed by atoms with Crippen LogP contribution in [0.5, 0.6) is 0 Å². The molecule has 1 saturated heterocycles. The van der Waals surface area contributed by atoms with E-state index in [1.165, 1.54) is 12.5 Å². The summed E-state index contributed by atoms with van der Waals surface area (Å²) < 4.78 is 56.2. The van der Waals surface area contributed by atoms with Crippen LogP contribution in [0.2, 0.25) is 0 Å². The van der Waals surface area contributed by atoms with Crippen LogP contribution in [0.1, 0.15) is 93.3 Å². The molecule has 3 aromatic rings. The summed E-state index contributed by atoms with van der Waals surface area (Å²) >= 11 is 0. The van der Waals surface area contributed by atoms with Crippen molar-refractivity contribution in [2.75, 3.05) is 52.5 Å². The molecule has 1 amide bonds. The molecule has 292 valence electrons. The highest BCUT2D eigenvalue weighted by atomic mass is 19.3. The maximum atomic E-state index is 15.0. The Morgan fingerprint density at radius 3 is 2.48 bits per heavy atom. The number of benzene rings is 2. The van der Waals surface area contributed by atoms with E-state index in [1.54, 1.807) is 29.2 Å². The van der Waals surface area contributed by atoms with Gasteiger partial charge in [0, 0.05) is 57.4 Å². The molecule has 4 aliphatic carbocycles. The van der Waals surface area contributed by atoms with E-state index in [0.717, 1.165) is 49.6 Å². The minimum Gasteiger partial charge on any atom is -0.378 e. The summed E-state index contributed by atoms with van der Waals surface area (Å²) in [7, 11) is 0. The topological polar surface area (TPSA) is 87.8 Å². The van der Waals surface area contributed by atoms with Gasteiger partial charge in [0.15, 0.2) is 0 Å². The highest BCUT2D eigenvalue weighted by molar-refractivity contribution is 5.95. The van der Waals surface area contributed by atoms with E-state index in [1.807, 2.05) is 12.1 Å². The summed E-state index contributed by atoms with van der Waals surface area (Å²) in [5.74, 6) is -1.37. The zero-order valence-corrected chi connectivity index (χ0v) is 31.8. The Bertz CT molecular complexity index is 1900. The molecule has 0 spiro atoms. The number of rotatable bonds is 10. The number of fused-ring (bicyclic) bond motifs is 6. The Balaban J connectivity index is 0.763. The molecule has 1 aliphatic heterocycles. The third-order valence-electron chi connectivity index (χ3n) is 14.7. The van der Waals surface area contributed by atoms with Crippen molar-refractivity contribution in [2.24, 2.45) is 34.5 Å². The molecule has 1 aromatic heterocycles. The fraction of sp³-hybridized carbons (Fsp3) is 0.651. The van der Waals surface area contributed by atoms with Gasteiger partial charge in [0.05, 0.1) is 42.6 Å². The molecule has 8 rings (SSSR count). The summed E-state index contributed by atoms with van der Waals surface area (Å²) in [5.41, 5.74) is 1.40. The van der Waals surface area contributed by atoms with E-state index in [0.29, 0.717) is 87.7 Å². The number of ether oxygens (including phenoxy) is 2. The van der Waals surface area contributed by atoms with Gasteiger partial charge >= 0.3 is 0 Å². The van der Waals surface area contributed by atoms with Gasteiger partial charge in [-0.1, -0.05) is 38.1 Å². The lowest BCUT2D eigenvalue weighted by molar-refractivity contribution is -0.170. The highest BCUT2D eigenvalue weighted by Crippen LogP contribution is 2.67. The van der Waals surface area contributed by atoms with Gasteiger partial charge in [-0.3, -0.25) is 14.5 Å². The van der Waals surface area contributed by atoms with Crippen LogP contribution in [-0.2, 0) is 15.9 Å². The zero-order valence-electron chi connectivity index (χ0n) is 31.8. The van der Waals surface area contributed by atoms with Crippen LogP contribution in [0.4, 0.5) is 13.2 Å². The number of halogens is 3. The van der Waals surface area contributed by atoms with Gasteiger partial charge in [-0.2, -0.15) is 5.10 Å². The molecule has 2 aromatic carbocycles. The molecule has 0 unspecified atom stereocenters. The van der Waals surface area contributed by atoms with Crippen molar-refractivity contribution in [1.29, 1.82) is 0 Å². The smallest absolute Gasteiger partial charge is 0.272 e. The van der Waals surface area contributed by atoms with Gasteiger partial charge in [-0.05, 0) is 103 Å². The monoisotopic (exact) mass is 748 g/mol. The van der Waals surface area contributed by atoms with Crippen LogP contribution in [-0.4, -0.2) is 90.5 Å². The summed E-state index contributed by atoms with van der Waals surface area (Å²) in [5, 5.41) is 8.05. The van der Waals surface area contributed by atoms with Crippen LogP contribution in [0.25, 0.3) is 10.8 Å². The molecule has 2 heterocycles. The minimum absolute atomic E-state index is 0.0479. The van der Waals surface area contributed by atoms with Crippen molar-refractivity contribution < 1.29 is 27.4 Å². The van der Waals surface area contributed by atoms with E-state index in [4.69, 9.17) is 9.47 Å². The first-order valence-corrected chi connectivity index (χ1v) is 20.3. The number of H-pyrrole nitrogens is 1. The molecule has 54 heavy (non-hydrogen) atoms. The molecule has 11 heteroatoms. The van der Waals surface area contributed by atoms with Crippen LogP contribution < -0.4 is 5.56 Å². The largest absolute Gasteiger partial charge is 0.378 e. The molecule has 8 nitrogen and oxygen atoms in total. The number of carbonyl (C=O) groups excluding carboxylic acids is 1. The maximum absolute atomic E-state index is 15.0. The lowest BCUT2D eigenvalue weighted by Gasteiger charge is -2.61. The van der Waals surface area contributed by atoms with E-state index in [2.05, 4.69) is 28.9 Å². The zero-order chi connectivity index (χ0) is 37.7. The first-order chi connectivity index (χ1) is 25.9. The van der Waals surface area contributed by atoms with Crippen molar-refractivity contribution in [3.05, 3.63) is 75.5 Å². The predicted octanol–water partition coefficient (Wildman–Crippen LogP) is 7.49. The van der Waals surface area contributed by atoms with Gasteiger partial charge in [-0.25, -0.2) is 18.3 Å². The Morgan fingerprint density at radius 2 is 1.67 bits per heavy atom. The van der Waals surface area contributed by atoms with Crippen molar-refractivity contribution in [3.63, 3.8) is 0 Å². The van der Waals surface area contributed by atoms with Crippen molar-refractivity contribution in [1.82, 2.24) is 20.0 Å². The number of nitrogens with one attached hydrogen (secondary N) is 1. The van der Waals surface area contributed by atoms with Crippen molar-refractivity contribution in [2.45, 2.75) is 90.1 Å². The van der Waals surface area contributed by atoms with Crippen LogP contribution >= 0.6 is 0 Å². The number of alkyl halides is 2. The quantitative estimate of drug-likeness (QED) is 0.217. The Kier molecular flexibility index (Phi) is 10.4. The first-order valence-electron chi connectivity index (χ1n) is 20.3. The van der Waals surface area contributed by atoms with Gasteiger partial charge in [-0.15, -0.1) is 0 Å². The molecule has 1 N–H and O–H groups in total. The number of piperazine rings is 1. The average Bonchev–Trinajstić information content (AvgIpc) is 3.51. The van der Waals surface area contributed by atoms with Gasteiger partial charge in [0.25, 0.3) is 11.5 Å². The second-order valence-corrected chi connectivity index (χ2v) is 17.5. The van der Waals surface area contributed by atoms with Gasteiger partial charge in [0.2, 0.25) is 5.92 Å². The normalized spacial score (nSPS) is 32.2. The molecule has 4 saturated carbocycles. The second kappa shape index (κ2) is 15.0. The van der Waals surface area contributed by atoms with E-state index < -0.39 is 11.7 Å². The number of nitrogens with zero attached hydrogens (tertiary/aromatic N) is 3. The lowest BCUT2D eigenvalue weighted by Crippen LogP contribution is -2.55. The number of hydrogen-bond donors (Lipinski definition) is 1. The number of hydrogen-bond acceptors (Lipinski definition) is 6. The summed E-state index contributed by atoms with van der Waals surface area (Å²) in [6, 6.07) is 11.8. The van der Waals surface area contributed by atoms with E-state index in [9.17, 15) is 22.8 Å². The van der Waals surface area contributed by atoms with E-state index >= 15 is 0 Å². The third-order valence-corrected chi connectivity index (χ3v) is 14.7. The maximum Gasteiger partial charge on any atom is 0.272 e. The highest BCUT2D eigenvalue weighted by Gasteiger charge is 2.62. The van der Waals surface area contributed by atoms with Crippen molar-refractivity contribution >= 4 is 16.7 Å². The molecular weight excluding hydrogens is 693 g/mol. The Labute approximate surface area is 316 Å². The minimum atomic E-state index is -2.48. The molecule has 5 aliphatic rings. The van der Waals surface area contributed by atoms with Crippen LogP contribution in [0, 0.1) is 40.3 Å². The average molecular weight is 749 g/mol. The molecule has 0 bridgehead atoms. The standard InChI is InChI=1S/C43H55F3N4O4/c1-41-15-16-43(45,46)27-29(41)8-9-32-34-10-12-38(42(34,2)14-13-35(32)41)54-24-23-53-22-21-49-17-19-50(20-18-49)40(52)33-25-28(7-11-36(33)44)26-37-30-5-3-4-6-31(30)39(51)48-47-37/h3-7,11,25,29,32,34-35,38H,8-10,12-24,26-27H2,1-2H3,(H,48,51)/t29-,32-,34-,35-,38-,41-,42-/m1/s1. The Hall–Kier alpha value is -3.28. The van der Waals surface area contributed by atoms with Crippen LogP contribution in [0.15, 0.2) is 47.3 Å². The van der Waals surface area contributed by atoms with E-state index in [-0.39, 0.29) is 52.7 Å². The first kappa shape index (κ1) is 37.6. The van der Waals surface area contributed by atoms with Crippen LogP contribution in [0.3, 0.4) is 0 Å². The van der Waals surface area contributed by atoms with Crippen molar-refractivity contribution in [3.8, 4) is 0 Å². The second-order valence-electron chi connectivity index (χ2n) is 17.5. The summed E-state index contributed by atoms with van der Waals surface area (Å²) in [6.07, 6.45) is 7.96. The lowest BCUT2D eigenvalue weighted by atomic mass is 9.45. The van der Waals surface area contributed by atoms with Gasteiger partial charge in [0.1, 0.15) is 5.82 Å². The predicted molar refractivity (Wildman–Crippen MR) is 201 cm³/mol. The number of aromatic nitrogens is 2. The Morgan fingerprint density at radius 1 is 0.889 bits per heavy atom. The fourth-order valence-corrected chi connectivity index (χ4v) is 11.6. The molecule has 7 atom stereocenters. The fourth-order valence-electron chi connectivity index (χ4n) is 11.6. The molecular formula is C43H55F3N4O4. The van der Waals surface area contributed by atoms with Gasteiger partial charge < -0.3 is 14.4 Å². The molecule has 0 radical (unpaired) electrons. The summed E-state index contributed by atoms with van der Waals surface area (Å²) in [6.45, 7) is 9.59. The summed E-state index contributed by atoms with van der Waals surface area (Å²) in [4.78, 5) is 29.6. The number of amides is 1. The SMILES string of the molecule is C[C@@]12CCC(F)(F)C[C@H]1CC[C@H]1[C@H]2CC[C@]2(C)[C@@H]1CC[C@H]2OCCOCCN1CCN(C(=O)c2cc(Cc3n[nH]c(=O)c4ccccc34)ccc2F)CC1. The molecule has 5 fully saturated rings. The number of carbonyl (C=O) groups is 1.